The Morgan fingerprint density at radius 3 is 2.70 bits per heavy atom. The average Bonchev–Trinajstić information content (AvgIpc) is 2.55. The molecule has 0 fully saturated rings. The summed E-state index contributed by atoms with van der Waals surface area (Å²) >= 11 is 0. The van der Waals surface area contributed by atoms with Crippen LogP contribution in [0.1, 0.15) is 18.1 Å². The lowest BCUT2D eigenvalue weighted by molar-refractivity contribution is 0.478. The van der Waals surface area contributed by atoms with Gasteiger partial charge in [0.15, 0.2) is 0 Å². The molecule has 1 heterocycles. The Balaban J connectivity index is 2.20. The number of rotatable bonds is 3. The largest absolute Gasteiger partial charge is 0.506 e. The van der Waals surface area contributed by atoms with Crippen LogP contribution in [0.25, 0.3) is 10.9 Å². The molecule has 3 rings (SSSR count). The summed E-state index contributed by atoms with van der Waals surface area (Å²) in [7, 11) is 0. The van der Waals surface area contributed by atoms with Crippen LogP contribution in [0.15, 0.2) is 58.3 Å². The number of aliphatic imine (C=N–C) groups is 1. The van der Waals surface area contributed by atoms with Gasteiger partial charge < -0.3 is 9.67 Å². The number of aryl methyl sites for hydroxylation is 2. The van der Waals surface area contributed by atoms with Gasteiger partial charge in [0.05, 0.1) is 11.2 Å². The zero-order valence-corrected chi connectivity index (χ0v) is 13.2. The molecule has 0 atom stereocenters. The molecule has 23 heavy (non-hydrogen) atoms. The molecule has 116 valence electrons. The Labute approximate surface area is 134 Å². The van der Waals surface area contributed by atoms with Gasteiger partial charge in [0.1, 0.15) is 11.3 Å². The summed E-state index contributed by atoms with van der Waals surface area (Å²) in [4.78, 5) is 17.0. The molecule has 0 aliphatic heterocycles. The first-order valence-corrected chi connectivity index (χ1v) is 7.57. The predicted molar refractivity (Wildman–Crippen MR) is 94.0 cm³/mol. The molecular weight excluding hydrogens is 288 g/mol. The average molecular weight is 306 g/mol. The number of fused-ring (bicyclic) bond motifs is 1. The molecule has 1 N–H and O–H groups in total. The van der Waals surface area contributed by atoms with Crippen molar-refractivity contribution in [3.05, 3.63) is 70.0 Å². The van der Waals surface area contributed by atoms with Crippen molar-refractivity contribution < 1.29 is 5.11 Å². The van der Waals surface area contributed by atoms with Crippen molar-refractivity contribution in [3.63, 3.8) is 0 Å². The van der Waals surface area contributed by atoms with Crippen molar-refractivity contribution in [3.8, 4) is 5.75 Å². The van der Waals surface area contributed by atoms with Crippen molar-refractivity contribution in [1.29, 1.82) is 0 Å². The highest BCUT2D eigenvalue weighted by Crippen LogP contribution is 2.25. The maximum atomic E-state index is 12.6. The minimum atomic E-state index is -0.236. The van der Waals surface area contributed by atoms with Gasteiger partial charge in [-0.05, 0) is 43.7 Å². The number of pyridine rings is 1. The van der Waals surface area contributed by atoms with Crippen LogP contribution in [-0.2, 0) is 6.54 Å². The second kappa shape index (κ2) is 6.08. The fourth-order valence-electron chi connectivity index (χ4n) is 2.69. The molecule has 3 aromatic rings. The molecule has 1 aromatic heterocycles. The first-order chi connectivity index (χ1) is 11.1. The van der Waals surface area contributed by atoms with E-state index in [1.807, 2.05) is 56.3 Å². The zero-order chi connectivity index (χ0) is 16.4. The maximum absolute atomic E-state index is 12.6. The smallest absolute Gasteiger partial charge is 0.263 e. The fourth-order valence-corrected chi connectivity index (χ4v) is 2.69. The molecule has 0 radical (unpaired) electrons. The van der Waals surface area contributed by atoms with Gasteiger partial charge in [-0.1, -0.05) is 24.3 Å². The van der Waals surface area contributed by atoms with E-state index in [0.29, 0.717) is 11.9 Å². The normalized spacial score (nSPS) is 11.4. The number of nitrogens with zero attached hydrogens (tertiary/aromatic N) is 2. The van der Waals surface area contributed by atoms with Gasteiger partial charge in [-0.3, -0.25) is 9.79 Å². The minimum Gasteiger partial charge on any atom is -0.506 e. The quantitative estimate of drug-likeness (QED) is 0.749. The Kier molecular flexibility index (Phi) is 3.98. The summed E-state index contributed by atoms with van der Waals surface area (Å²) in [6.07, 6.45) is 1.45. The van der Waals surface area contributed by atoms with Gasteiger partial charge in [-0.2, -0.15) is 0 Å². The molecule has 0 aliphatic carbocycles. The van der Waals surface area contributed by atoms with Gasteiger partial charge in [0.2, 0.25) is 0 Å². The van der Waals surface area contributed by atoms with Gasteiger partial charge >= 0.3 is 0 Å². The fraction of sp³-hybridized carbons (Fsp3) is 0.158. The highest BCUT2D eigenvalue weighted by atomic mass is 16.3. The summed E-state index contributed by atoms with van der Waals surface area (Å²) in [6, 6.07) is 15.0. The Hall–Kier alpha value is -2.88. The SMILES string of the molecule is CCn1c(=O)c(C=Nc2cccc(C)c2)c(O)c2ccccc21. The summed E-state index contributed by atoms with van der Waals surface area (Å²) in [5, 5.41) is 11.1. The summed E-state index contributed by atoms with van der Waals surface area (Å²) in [5.41, 5.74) is 2.55. The van der Waals surface area contributed by atoms with E-state index in [1.54, 1.807) is 10.6 Å². The molecule has 0 saturated carbocycles. The minimum absolute atomic E-state index is 0.0216. The van der Waals surface area contributed by atoms with Crippen LogP contribution in [0.5, 0.6) is 5.75 Å². The second-order valence-corrected chi connectivity index (χ2v) is 5.43. The second-order valence-electron chi connectivity index (χ2n) is 5.43. The lowest BCUT2D eigenvalue weighted by Gasteiger charge is -2.11. The zero-order valence-electron chi connectivity index (χ0n) is 13.2. The third-order valence-corrected chi connectivity index (χ3v) is 3.84. The van der Waals surface area contributed by atoms with Gasteiger partial charge in [0.25, 0.3) is 5.56 Å². The van der Waals surface area contributed by atoms with Crippen LogP contribution in [0.3, 0.4) is 0 Å². The molecule has 0 unspecified atom stereocenters. The summed E-state index contributed by atoms with van der Waals surface area (Å²) in [5.74, 6) is -0.0216. The molecule has 0 aliphatic rings. The van der Waals surface area contributed by atoms with Crippen LogP contribution in [0.2, 0.25) is 0 Å². The first-order valence-electron chi connectivity index (χ1n) is 7.57. The maximum Gasteiger partial charge on any atom is 0.263 e. The Morgan fingerprint density at radius 1 is 1.17 bits per heavy atom. The van der Waals surface area contributed by atoms with Crippen molar-refractivity contribution in [2.24, 2.45) is 4.99 Å². The van der Waals surface area contributed by atoms with E-state index in [9.17, 15) is 9.90 Å². The number of hydrogen-bond donors (Lipinski definition) is 1. The summed E-state index contributed by atoms with van der Waals surface area (Å²) in [6.45, 7) is 4.42. The van der Waals surface area contributed by atoms with Crippen molar-refractivity contribution >= 4 is 22.8 Å². The monoisotopic (exact) mass is 306 g/mol. The van der Waals surface area contributed by atoms with E-state index >= 15 is 0 Å². The van der Waals surface area contributed by atoms with Gasteiger partial charge in [0, 0.05) is 18.1 Å². The van der Waals surface area contributed by atoms with Crippen molar-refractivity contribution in [2.45, 2.75) is 20.4 Å². The van der Waals surface area contributed by atoms with Crippen LogP contribution >= 0.6 is 0 Å². The molecular formula is C19H18N2O2. The molecule has 4 heteroatoms. The molecule has 0 saturated heterocycles. The molecule has 0 amide bonds. The van der Waals surface area contributed by atoms with E-state index in [2.05, 4.69) is 4.99 Å². The third-order valence-electron chi connectivity index (χ3n) is 3.84. The number of hydrogen-bond acceptors (Lipinski definition) is 3. The van der Waals surface area contributed by atoms with Crippen LogP contribution in [0, 0.1) is 6.92 Å². The number of aromatic hydroxyl groups is 1. The predicted octanol–water partition coefficient (Wildman–Crippen LogP) is 3.79. The van der Waals surface area contributed by atoms with Crippen molar-refractivity contribution in [2.75, 3.05) is 0 Å². The molecule has 0 spiro atoms. The molecule has 4 nitrogen and oxygen atoms in total. The van der Waals surface area contributed by atoms with E-state index in [-0.39, 0.29) is 16.9 Å². The van der Waals surface area contributed by atoms with E-state index in [0.717, 1.165) is 16.8 Å². The Bertz CT molecular complexity index is 955. The molecule has 2 aromatic carbocycles. The van der Waals surface area contributed by atoms with Gasteiger partial charge in [-0.25, -0.2) is 0 Å². The number of aromatic nitrogens is 1. The van der Waals surface area contributed by atoms with Crippen molar-refractivity contribution in [1.82, 2.24) is 4.57 Å². The third kappa shape index (κ3) is 2.75. The topological polar surface area (TPSA) is 54.6 Å². The van der Waals surface area contributed by atoms with Crippen LogP contribution < -0.4 is 5.56 Å². The standard InChI is InChI=1S/C19H18N2O2/c1-3-21-17-10-5-4-9-15(17)18(22)16(19(21)23)12-20-14-8-6-7-13(2)11-14/h4-12,22H,3H2,1-2H3. The van der Waals surface area contributed by atoms with Gasteiger partial charge in [-0.15, -0.1) is 0 Å². The Morgan fingerprint density at radius 2 is 1.96 bits per heavy atom. The highest BCUT2D eigenvalue weighted by Gasteiger charge is 2.13. The lowest BCUT2D eigenvalue weighted by atomic mass is 10.1. The van der Waals surface area contributed by atoms with E-state index < -0.39 is 0 Å². The van der Waals surface area contributed by atoms with E-state index in [4.69, 9.17) is 0 Å². The van der Waals surface area contributed by atoms with Crippen LogP contribution in [0.4, 0.5) is 5.69 Å². The number of benzene rings is 2. The summed E-state index contributed by atoms with van der Waals surface area (Å²) < 4.78 is 1.65. The lowest BCUT2D eigenvalue weighted by Crippen LogP contribution is -2.23. The molecule has 0 bridgehead atoms. The highest BCUT2D eigenvalue weighted by molar-refractivity contribution is 5.95. The first kappa shape index (κ1) is 15.0. The van der Waals surface area contributed by atoms with E-state index in [1.165, 1.54) is 6.21 Å². The number of para-hydroxylation sites is 1. The van der Waals surface area contributed by atoms with Crippen LogP contribution in [-0.4, -0.2) is 15.9 Å².